The fourth-order valence-electron chi connectivity index (χ4n) is 3.30. The van der Waals surface area contributed by atoms with Gasteiger partial charge in [-0.3, -0.25) is 0 Å². The standard InChI is InChI=1S/C22H22ClFN2O6S/c1-3-31-14-7-5-13(6-8-14)20-19(21(27)32-4-2)18(25-22(28)26-20)12-33(29,30)15-9-10-17(24)16(23)11-15/h5-11,20H,3-4,12H2,1-2H3,(H2,25,26,28)/t20-/m1/s1. The van der Waals surface area contributed by atoms with E-state index in [4.69, 9.17) is 21.1 Å². The number of rotatable bonds is 8. The highest BCUT2D eigenvalue weighted by molar-refractivity contribution is 7.91. The summed E-state index contributed by atoms with van der Waals surface area (Å²) in [7, 11) is -4.10. The summed E-state index contributed by atoms with van der Waals surface area (Å²) in [5.41, 5.74) is 0.324. The van der Waals surface area contributed by atoms with E-state index in [0.717, 1.165) is 18.2 Å². The van der Waals surface area contributed by atoms with Crippen LogP contribution in [0.5, 0.6) is 5.75 Å². The summed E-state index contributed by atoms with van der Waals surface area (Å²) >= 11 is 5.73. The van der Waals surface area contributed by atoms with Gasteiger partial charge in [-0.1, -0.05) is 23.7 Å². The maximum Gasteiger partial charge on any atom is 0.338 e. The Morgan fingerprint density at radius 3 is 2.42 bits per heavy atom. The summed E-state index contributed by atoms with van der Waals surface area (Å²) in [5.74, 6) is -1.69. The topological polar surface area (TPSA) is 111 Å². The molecule has 1 atom stereocenters. The van der Waals surface area contributed by atoms with Gasteiger partial charge in [0.25, 0.3) is 0 Å². The van der Waals surface area contributed by atoms with Gasteiger partial charge in [-0.05, 0) is 49.7 Å². The lowest BCUT2D eigenvalue weighted by Crippen LogP contribution is -2.47. The van der Waals surface area contributed by atoms with Crippen molar-refractivity contribution in [3.05, 3.63) is 70.1 Å². The molecular formula is C22H22ClFN2O6S. The Bertz CT molecular complexity index is 1200. The molecule has 11 heteroatoms. The fourth-order valence-corrected chi connectivity index (χ4v) is 4.89. The molecular weight excluding hydrogens is 475 g/mol. The van der Waals surface area contributed by atoms with E-state index in [9.17, 15) is 22.4 Å². The van der Waals surface area contributed by atoms with Crippen LogP contribution in [0.3, 0.4) is 0 Å². The van der Waals surface area contributed by atoms with Crippen LogP contribution >= 0.6 is 11.6 Å². The number of sulfone groups is 1. The number of ether oxygens (including phenoxy) is 2. The summed E-state index contributed by atoms with van der Waals surface area (Å²) in [5, 5.41) is 4.67. The van der Waals surface area contributed by atoms with E-state index in [2.05, 4.69) is 10.6 Å². The van der Waals surface area contributed by atoms with Crippen LogP contribution in [0.1, 0.15) is 25.5 Å². The monoisotopic (exact) mass is 496 g/mol. The second-order valence-electron chi connectivity index (χ2n) is 6.98. The van der Waals surface area contributed by atoms with Crippen LogP contribution in [0.2, 0.25) is 5.02 Å². The first-order valence-corrected chi connectivity index (χ1v) is 12.1. The molecule has 0 unspecified atom stereocenters. The molecule has 176 valence electrons. The van der Waals surface area contributed by atoms with Crippen molar-refractivity contribution in [2.45, 2.75) is 24.8 Å². The summed E-state index contributed by atoms with van der Waals surface area (Å²) in [6.45, 7) is 3.95. The largest absolute Gasteiger partial charge is 0.494 e. The first kappa shape index (κ1) is 24.5. The second-order valence-corrected chi connectivity index (χ2v) is 9.38. The number of carbonyl (C=O) groups excluding carboxylic acids is 2. The third-order valence-corrected chi connectivity index (χ3v) is 6.69. The van der Waals surface area contributed by atoms with Crippen molar-refractivity contribution in [1.29, 1.82) is 0 Å². The number of carbonyl (C=O) groups is 2. The molecule has 0 aliphatic carbocycles. The first-order chi connectivity index (χ1) is 15.7. The number of benzene rings is 2. The molecule has 1 heterocycles. The first-order valence-electron chi connectivity index (χ1n) is 10.0. The van der Waals surface area contributed by atoms with E-state index < -0.39 is 39.4 Å². The minimum absolute atomic E-state index is 0.0415. The molecule has 0 bridgehead atoms. The van der Waals surface area contributed by atoms with Gasteiger partial charge >= 0.3 is 12.0 Å². The lowest BCUT2D eigenvalue weighted by atomic mass is 9.95. The van der Waals surface area contributed by atoms with Crippen LogP contribution in [0.25, 0.3) is 0 Å². The average molecular weight is 497 g/mol. The van der Waals surface area contributed by atoms with Crippen molar-refractivity contribution >= 4 is 33.4 Å². The Morgan fingerprint density at radius 2 is 1.82 bits per heavy atom. The van der Waals surface area contributed by atoms with Crippen molar-refractivity contribution in [3.8, 4) is 5.75 Å². The molecule has 1 aliphatic rings. The number of halogens is 2. The molecule has 0 saturated heterocycles. The smallest absolute Gasteiger partial charge is 0.338 e. The molecule has 0 spiro atoms. The van der Waals surface area contributed by atoms with E-state index in [1.165, 1.54) is 0 Å². The van der Waals surface area contributed by atoms with Crippen LogP contribution < -0.4 is 15.4 Å². The van der Waals surface area contributed by atoms with Crippen molar-refractivity contribution < 1.29 is 31.9 Å². The van der Waals surface area contributed by atoms with E-state index in [0.29, 0.717) is 17.9 Å². The molecule has 2 aromatic rings. The number of urea groups is 1. The molecule has 1 aliphatic heterocycles. The summed E-state index contributed by atoms with van der Waals surface area (Å²) in [6, 6.07) is 7.98. The van der Waals surface area contributed by atoms with E-state index in [-0.39, 0.29) is 27.8 Å². The SMILES string of the molecule is CCOC(=O)C1=C(CS(=O)(=O)c2ccc(F)c(Cl)c2)NC(=O)N[C@@H]1c1ccc(OCC)cc1. The number of amides is 2. The summed E-state index contributed by atoms with van der Waals surface area (Å²) < 4.78 is 50.0. The highest BCUT2D eigenvalue weighted by Crippen LogP contribution is 2.31. The van der Waals surface area contributed by atoms with Gasteiger partial charge < -0.3 is 20.1 Å². The van der Waals surface area contributed by atoms with Gasteiger partial charge in [-0.15, -0.1) is 0 Å². The second kappa shape index (κ2) is 10.2. The lowest BCUT2D eigenvalue weighted by molar-refractivity contribution is -0.139. The van der Waals surface area contributed by atoms with E-state index in [1.54, 1.807) is 31.2 Å². The average Bonchev–Trinajstić information content (AvgIpc) is 2.75. The van der Waals surface area contributed by atoms with Crippen LogP contribution in [-0.2, 0) is 19.4 Å². The molecule has 0 radical (unpaired) electrons. The lowest BCUT2D eigenvalue weighted by Gasteiger charge is -2.29. The molecule has 8 nitrogen and oxygen atoms in total. The number of nitrogens with one attached hydrogen (secondary N) is 2. The Labute approximate surface area is 195 Å². The highest BCUT2D eigenvalue weighted by atomic mass is 35.5. The van der Waals surface area contributed by atoms with Crippen LogP contribution in [0.4, 0.5) is 9.18 Å². The molecule has 33 heavy (non-hydrogen) atoms. The normalized spacial score (nSPS) is 16.1. The van der Waals surface area contributed by atoms with Crippen molar-refractivity contribution in [2.24, 2.45) is 0 Å². The predicted octanol–water partition coefficient (Wildman–Crippen LogP) is 3.52. The third kappa shape index (κ3) is 5.63. The molecule has 0 saturated carbocycles. The quantitative estimate of drug-likeness (QED) is 0.427. The zero-order chi connectivity index (χ0) is 24.2. The fraction of sp³-hybridized carbons (Fsp3) is 0.273. The Kier molecular flexibility index (Phi) is 7.60. The van der Waals surface area contributed by atoms with Gasteiger partial charge in [0.15, 0.2) is 9.84 Å². The molecule has 2 amide bonds. The highest BCUT2D eigenvalue weighted by Gasteiger charge is 2.35. The maximum absolute atomic E-state index is 13.5. The van der Waals surface area contributed by atoms with Crippen molar-refractivity contribution in [3.63, 3.8) is 0 Å². The van der Waals surface area contributed by atoms with E-state index >= 15 is 0 Å². The van der Waals surface area contributed by atoms with Gasteiger partial charge in [0.2, 0.25) is 0 Å². The molecule has 2 N–H and O–H groups in total. The minimum Gasteiger partial charge on any atom is -0.494 e. The van der Waals surface area contributed by atoms with Crippen LogP contribution in [0, 0.1) is 5.82 Å². The maximum atomic E-state index is 13.5. The molecule has 2 aromatic carbocycles. The van der Waals surface area contributed by atoms with Crippen molar-refractivity contribution in [1.82, 2.24) is 10.6 Å². The molecule has 3 rings (SSSR count). The number of esters is 1. The van der Waals surface area contributed by atoms with E-state index in [1.807, 2.05) is 6.92 Å². The van der Waals surface area contributed by atoms with Gasteiger partial charge in [0, 0.05) is 5.70 Å². The number of hydrogen-bond acceptors (Lipinski definition) is 6. The zero-order valence-corrected chi connectivity index (χ0v) is 19.4. The summed E-state index contributed by atoms with van der Waals surface area (Å²) in [4.78, 5) is 24.9. The van der Waals surface area contributed by atoms with Gasteiger partial charge in [0.1, 0.15) is 11.6 Å². The van der Waals surface area contributed by atoms with Gasteiger partial charge in [-0.25, -0.2) is 22.4 Å². The van der Waals surface area contributed by atoms with Crippen LogP contribution in [-0.4, -0.2) is 39.4 Å². The van der Waals surface area contributed by atoms with Gasteiger partial charge in [-0.2, -0.15) is 0 Å². The van der Waals surface area contributed by atoms with Crippen molar-refractivity contribution in [2.75, 3.05) is 19.0 Å². The predicted molar refractivity (Wildman–Crippen MR) is 119 cm³/mol. The van der Waals surface area contributed by atoms with Gasteiger partial charge in [0.05, 0.1) is 40.5 Å². The third-order valence-electron chi connectivity index (χ3n) is 4.76. The Hall–Kier alpha value is -3.11. The van der Waals surface area contributed by atoms with Crippen LogP contribution in [0.15, 0.2) is 58.6 Å². The zero-order valence-electron chi connectivity index (χ0n) is 17.9. The summed E-state index contributed by atoms with van der Waals surface area (Å²) in [6.07, 6.45) is 0. The molecule has 0 fully saturated rings. The minimum atomic E-state index is -4.10. The Balaban J connectivity index is 2.07. The Morgan fingerprint density at radius 1 is 1.12 bits per heavy atom. The molecule has 0 aromatic heterocycles. The number of hydrogen-bond donors (Lipinski definition) is 2.